The molecular formula is C13H22N4. The van der Waals surface area contributed by atoms with Gasteiger partial charge >= 0.3 is 0 Å². The van der Waals surface area contributed by atoms with Crippen LogP contribution in [0.3, 0.4) is 0 Å². The Morgan fingerprint density at radius 1 is 1.53 bits per heavy atom. The lowest BCUT2D eigenvalue weighted by Gasteiger charge is -2.33. The summed E-state index contributed by atoms with van der Waals surface area (Å²) in [5.74, 6) is 1.77. The van der Waals surface area contributed by atoms with Crippen LogP contribution in [0, 0.1) is 5.92 Å². The molecule has 1 aliphatic heterocycles. The Kier molecular flexibility index (Phi) is 4.74. The molecule has 1 N–H and O–H groups in total. The summed E-state index contributed by atoms with van der Waals surface area (Å²) in [7, 11) is 0. The van der Waals surface area contributed by atoms with Gasteiger partial charge in [-0.15, -0.1) is 5.10 Å². The van der Waals surface area contributed by atoms with E-state index in [2.05, 4.69) is 33.4 Å². The van der Waals surface area contributed by atoms with Crippen molar-refractivity contribution in [2.45, 2.75) is 26.2 Å². The third-order valence-electron chi connectivity index (χ3n) is 3.26. The van der Waals surface area contributed by atoms with Gasteiger partial charge in [0.15, 0.2) is 5.82 Å². The molecule has 2 rings (SSSR count). The summed E-state index contributed by atoms with van der Waals surface area (Å²) in [6, 6.07) is 4.01. The molecule has 0 spiro atoms. The Bertz CT molecular complexity index is 314. The van der Waals surface area contributed by atoms with Gasteiger partial charge in [0.2, 0.25) is 0 Å². The first kappa shape index (κ1) is 12.3. The summed E-state index contributed by atoms with van der Waals surface area (Å²) < 4.78 is 0. The van der Waals surface area contributed by atoms with Crippen LogP contribution in [0.15, 0.2) is 18.3 Å². The van der Waals surface area contributed by atoms with E-state index < -0.39 is 0 Å². The monoisotopic (exact) mass is 234 g/mol. The molecule has 0 bridgehead atoms. The largest absolute Gasteiger partial charge is 0.355 e. The van der Waals surface area contributed by atoms with Crippen LogP contribution >= 0.6 is 0 Å². The molecule has 1 fully saturated rings. The van der Waals surface area contributed by atoms with Crippen LogP contribution in [0.1, 0.15) is 26.2 Å². The first-order valence-electron chi connectivity index (χ1n) is 6.63. The molecule has 0 amide bonds. The van der Waals surface area contributed by atoms with Gasteiger partial charge in [0, 0.05) is 19.3 Å². The number of aromatic nitrogens is 2. The van der Waals surface area contributed by atoms with Crippen molar-refractivity contribution in [3.05, 3.63) is 18.3 Å². The molecular weight excluding hydrogens is 212 g/mol. The van der Waals surface area contributed by atoms with E-state index in [1.165, 1.54) is 19.3 Å². The first-order valence-corrected chi connectivity index (χ1v) is 6.63. The number of nitrogens with one attached hydrogen (secondary N) is 1. The number of rotatable bonds is 5. The van der Waals surface area contributed by atoms with Gasteiger partial charge in [0.25, 0.3) is 0 Å². The highest BCUT2D eigenvalue weighted by molar-refractivity contribution is 5.36. The van der Waals surface area contributed by atoms with Crippen LogP contribution < -0.4 is 10.2 Å². The fourth-order valence-corrected chi connectivity index (χ4v) is 2.38. The summed E-state index contributed by atoms with van der Waals surface area (Å²) in [5, 5.41) is 11.7. The van der Waals surface area contributed by atoms with E-state index in [0.29, 0.717) is 0 Å². The summed E-state index contributed by atoms with van der Waals surface area (Å²) in [6.45, 7) is 6.68. The van der Waals surface area contributed by atoms with Crippen molar-refractivity contribution >= 4 is 5.82 Å². The van der Waals surface area contributed by atoms with E-state index in [4.69, 9.17) is 0 Å². The van der Waals surface area contributed by atoms with Gasteiger partial charge in [-0.05, 0) is 50.4 Å². The number of anilines is 1. The Morgan fingerprint density at radius 2 is 2.47 bits per heavy atom. The quantitative estimate of drug-likeness (QED) is 0.787. The van der Waals surface area contributed by atoms with Gasteiger partial charge in [-0.25, -0.2) is 0 Å². The minimum atomic E-state index is 0.748. The van der Waals surface area contributed by atoms with Crippen LogP contribution in [0.25, 0.3) is 0 Å². The van der Waals surface area contributed by atoms with Crippen molar-refractivity contribution < 1.29 is 0 Å². The summed E-state index contributed by atoms with van der Waals surface area (Å²) >= 11 is 0. The van der Waals surface area contributed by atoms with Gasteiger partial charge in [-0.3, -0.25) is 0 Å². The second-order valence-corrected chi connectivity index (χ2v) is 4.74. The van der Waals surface area contributed by atoms with Crippen molar-refractivity contribution in [1.29, 1.82) is 0 Å². The van der Waals surface area contributed by atoms with E-state index in [0.717, 1.165) is 37.9 Å². The molecule has 2 heterocycles. The minimum absolute atomic E-state index is 0.748. The van der Waals surface area contributed by atoms with Crippen LogP contribution in [-0.2, 0) is 0 Å². The van der Waals surface area contributed by atoms with Gasteiger partial charge in [0.05, 0.1) is 0 Å². The lowest BCUT2D eigenvalue weighted by atomic mass is 9.98. The SMILES string of the molecule is CCCNCC1CCCN(c2cccnn2)C1. The maximum absolute atomic E-state index is 4.19. The molecule has 94 valence electrons. The Hall–Kier alpha value is -1.16. The van der Waals surface area contributed by atoms with Crippen molar-refractivity contribution in [2.24, 2.45) is 5.92 Å². The normalized spacial score (nSPS) is 20.5. The van der Waals surface area contributed by atoms with E-state index in [1.807, 2.05) is 6.07 Å². The average Bonchev–Trinajstić information content (AvgIpc) is 2.41. The average molecular weight is 234 g/mol. The molecule has 1 aliphatic rings. The van der Waals surface area contributed by atoms with Crippen molar-refractivity contribution in [2.75, 3.05) is 31.1 Å². The zero-order chi connectivity index (χ0) is 11.9. The number of piperidine rings is 1. The van der Waals surface area contributed by atoms with E-state index in [1.54, 1.807) is 6.20 Å². The third kappa shape index (κ3) is 3.66. The molecule has 1 atom stereocenters. The van der Waals surface area contributed by atoms with Crippen LogP contribution in [0.5, 0.6) is 0 Å². The molecule has 0 saturated carbocycles. The molecule has 4 nitrogen and oxygen atoms in total. The zero-order valence-corrected chi connectivity index (χ0v) is 10.6. The zero-order valence-electron chi connectivity index (χ0n) is 10.6. The standard InChI is InChI=1S/C13H22N4/c1-2-7-14-10-12-5-4-9-17(11-12)13-6-3-8-15-16-13/h3,6,8,12,14H,2,4-5,7,9-11H2,1H3. The molecule has 1 saturated heterocycles. The summed E-state index contributed by atoms with van der Waals surface area (Å²) in [6.07, 6.45) is 5.52. The molecule has 0 aliphatic carbocycles. The highest BCUT2D eigenvalue weighted by Gasteiger charge is 2.20. The maximum atomic E-state index is 4.19. The van der Waals surface area contributed by atoms with Crippen molar-refractivity contribution in [1.82, 2.24) is 15.5 Å². The highest BCUT2D eigenvalue weighted by Crippen LogP contribution is 2.20. The van der Waals surface area contributed by atoms with Crippen LogP contribution in [0.4, 0.5) is 5.82 Å². The minimum Gasteiger partial charge on any atom is -0.355 e. The molecule has 1 aromatic rings. The second kappa shape index (κ2) is 6.55. The molecule has 1 aromatic heterocycles. The highest BCUT2D eigenvalue weighted by atomic mass is 15.3. The lowest BCUT2D eigenvalue weighted by Crippen LogP contribution is -2.40. The molecule has 1 unspecified atom stereocenters. The van der Waals surface area contributed by atoms with Gasteiger partial charge in [-0.1, -0.05) is 6.92 Å². The second-order valence-electron chi connectivity index (χ2n) is 4.74. The Morgan fingerprint density at radius 3 is 3.24 bits per heavy atom. The van der Waals surface area contributed by atoms with Gasteiger partial charge in [0.1, 0.15) is 0 Å². The van der Waals surface area contributed by atoms with E-state index in [9.17, 15) is 0 Å². The molecule has 17 heavy (non-hydrogen) atoms. The van der Waals surface area contributed by atoms with E-state index >= 15 is 0 Å². The fraction of sp³-hybridized carbons (Fsp3) is 0.692. The van der Waals surface area contributed by atoms with Gasteiger partial charge < -0.3 is 10.2 Å². The molecule has 0 radical (unpaired) electrons. The van der Waals surface area contributed by atoms with Crippen molar-refractivity contribution in [3.8, 4) is 0 Å². The number of nitrogens with zero attached hydrogens (tertiary/aromatic N) is 3. The van der Waals surface area contributed by atoms with Crippen LogP contribution in [0.2, 0.25) is 0 Å². The van der Waals surface area contributed by atoms with E-state index in [-0.39, 0.29) is 0 Å². The molecule has 0 aromatic carbocycles. The predicted molar refractivity (Wildman–Crippen MR) is 70.1 cm³/mol. The topological polar surface area (TPSA) is 41.0 Å². The first-order chi connectivity index (χ1) is 8.40. The fourth-order valence-electron chi connectivity index (χ4n) is 2.38. The maximum Gasteiger partial charge on any atom is 0.151 e. The third-order valence-corrected chi connectivity index (χ3v) is 3.26. The van der Waals surface area contributed by atoms with Crippen LogP contribution in [-0.4, -0.2) is 36.4 Å². The Balaban J connectivity index is 1.84. The number of hydrogen-bond donors (Lipinski definition) is 1. The summed E-state index contributed by atoms with van der Waals surface area (Å²) in [5.41, 5.74) is 0. The summed E-state index contributed by atoms with van der Waals surface area (Å²) in [4.78, 5) is 2.36. The Labute approximate surface area is 103 Å². The predicted octanol–water partition coefficient (Wildman–Crippen LogP) is 1.69. The van der Waals surface area contributed by atoms with Crippen molar-refractivity contribution in [3.63, 3.8) is 0 Å². The lowest BCUT2D eigenvalue weighted by molar-refractivity contribution is 0.390. The number of hydrogen-bond acceptors (Lipinski definition) is 4. The van der Waals surface area contributed by atoms with Gasteiger partial charge in [-0.2, -0.15) is 5.10 Å². The smallest absolute Gasteiger partial charge is 0.151 e. The molecule has 4 heteroatoms.